The van der Waals surface area contributed by atoms with Gasteiger partial charge in [-0.2, -0.15) is 0 Å². The average molecular weight is 262 g/mol. The predicted octanol–water partition coefficient (Wildman–Crippen LogP) is 2.91. The molecule has 2 rings (SSSR count). The van der Waals surface area contributed by atoms with Crippen molar-refractivity contribution < 1.29 is 4.74 Å². The molecule has 19 heavy (non-hydrogen) atoms. The summed E-state index contributed by atoms with van der Waals surface area (Å²) >= 11 is 0. The third-order valence-electron chi connectivity index (χ3n) is 3.67. The van der Waals surface area contributed by atoms with Gasteiger partial charge in [-0.25, -0.2) is 0 Å². The molecule has 1 N–H and O–H groups in total. The van der Waals surface area contributed by atoms with Crippen LogP contribution in [0.3, 0.4) is 0 Å². The normalized spacial score (nSPS) is 21.8. The number of hydrogen-bond donors (Lipinski definition) is 1. The van der Waals surface area contributed by atoms with E-state index in [9.17, 15) is 0 Å². The third kappa shape index (κ3) is 3.63. The van der Waals surface area contributed by atoms with Crippen molar-refractivity contribution in [1.82, 2.24) is 5.32 Å². The summed E-state index contributed by atoms with van der Waals surface area (Å²) in [6.07, 6.45) is 0. The van der Waals surface area contributed by atoms with Gasteiger partial charge < -0.3 is 15.0 Å². The van der Waals surface area contributed by atoms with E-state index in [0.29, 0.717) is 0 Å². The molecule has 0 atom stereocenters. The van der Waals surface area contributed by atoms with Crippen LogP contribution in [0.15, 0.2) is 24.3 Å². The molecule has 1 aromatic carbocycles. The Labute approximate surface area is 116 Å². The lowest BCUT2D eigenvalue weighted by Crippen LogP contribution is -2.46. The molecule has 1 fully saturated rings. The van der Waals surface area contributed by atoms with E-state index in [-0.39, 0.29) is 11.0 Å². The molecule has 3 nitrogen and oxygen atoms in total. The smallest absolute Gasteiger partial charge is 0.120 e. The Kier molecular flexibility index (Phi) is 3.77. The van der Waals surface area contributed by atoms with Gasteiger partial charge in [0.1, 0.15) is 5.75 Å². The number of rotatable bonds is 2. The zero-order valence-corrected chi connectivity index (χ0v) is 12.8. The van der Waals surface area contributed by atoms with Crippen molar-refractivity contribution in [3.63, 3.8) is 0 Å². The quantitative estimate of drug-likeness (QED) is 0.887. The Morgan fingerprint density at radius 2 is 1.89 bits per heavy atom. The Balaban J connectivity index is 2.29. The van der Waals surface area contributed by atoms with Gasteiger partial charge in [0.15, 0.2) is 0 Å². The molecule has 0 amide bonds. The highest BCUT2D eigenvalue weighted by atomic mass is 16.5. The second-order valence-corrected chi connectivity index (χ2v) is 6.96. The maximum atomic E-state index is 5.34. The number of ether oxygens (including phenoxy) is 1. The first-order valence-corrected chi connectivity index (χ1v) is 6.95. The first-order valence-electron chi connectivity index (χ1n) is 6.95. The Morgan fingerprint density at radius 3 is 2.58 bits per heavy atom. The molecule has 0 saturated carbocycles. The van der Waals surface area contributed by atoms with Gasteiger partial charge in [-0.05, 0) is 31.4 Å². The predicted molar refractivity (Wildman–Crippen MR) is 81.1 cm³/mol. The zero-order chi connectivity index (χ0) is 14.1. The van der Waals surface area contributed by atoms with E-state index in [1.807, 2.05) is 6.07 Å². The summed E-state index contributed by atoms with van der Waals surface area (Å²) in [6, 6.07) is 8.35. The van der Waals surface area contributed by atoms with Crippen LogP contribution < -0.4 is 15.0 Å². The van der Waals surface area contributed by atoms with Crippen molar-refractivity contribution in [3.05, 3.63) is 24.3 Å². The fraction of sp³-hybridized carbons (Fsp3) is 0.625. The van der Waals surface area contributed by atoms with E-state index in [4.69, 9.17) is 4.74 Å². The lowest BCUT2D eigenvalue weighted by Gasteiger charge is -2.33. The zero-order valence-electron chi connectivity index (χ0n) is 12.8. The molecule has 1 aliphatic heterocycles. The topological polar surface area (TPSA) is 24.5 Å². The number of nitrogens with one attached hydrogen (secondary N) is 1. The summed E-state index contributed by atoms with van der Waals surface area (Å²) in [5, 5.41) is 3.67. The SMILES string of the molecule is COc1cccc(N2CC(C)(C)CNC(C)(C)C2)c1. The first kappa shape index (κ1) is 14.2. The van der Waals surface area contributed by atoms with E-state index in [1.54, 1.807) is 7.11 Å². The minimum atomic E-state index is 0.122. The molecule has 0 radical (unpaired) electrons. The van der Waals surface area contributed by atoms with Gasteiger partial charge in [-0.1, -0.05) is 19.9 Å². The third-order valence-corrected chi connectivity index (χ3v) is 3.67. The largest absolute Gasteiger partial charge is 0.497 e. The van der Waals surface area contributed by atoms with E-state index < -0.39 is 0 Å². The molecule has 106 valence electrons. The van der Waals surface area contributed by atoms with Gasteiger partial charge in [0, 0.05) is 36.9 Å². The van der Waals surface area contributed by atoms with Crippen LogP contribution in [0.2, 0.25) is 0 Å². The molecular weight excluding hydrogens is 236 g/mol. The van der Waals surface area contributed by atoms with Crippen molar-refractivity contribution >= 4 is 5.69 Å². The van der Waals surface area contributed by atoms with Crippen molar-refractivity contribution in [2.75, 3.05) is 31.6 Å². The minimum absolute atomic E-state index is 0.122. The van der Waals surface area contributed by atoms with Gasteiger partial charge in [-0.3, -0.25) is 0 Å². The molecule has 1 heterocycles. The molecule has 0 aromatic heterocycles. The molecule has 1 aliphatic rings. The molecular formula is C16H26N2O. The molecule has 3 heteroatoms. The Bertz CT molecular complexity index is 422. The number of anilines is 1. The van der Waals surface area contributed by atoms with Crippen LogP contribution >= 0.6 is 0 Å². The van der Waals surface area contributed by atoms with Crippen LogP contribution in [0.1, 0.15) is 27.7 Å². The first-order chi connectivity index (χ1) is 8.81. The van der Waals surface area contributed by atoms with E-state index in [0.717, 1.165) is 25.4 Å². The van der Waals surface area contributed by atoms with E-state index in [2.05, 4.69) is 56.1 Å². The second-order valence-electron chi connectivity index (χ2n) is 6.96. The number of hydrogen-bond acceptors (Lipinski definition) is 3. The van der Waals surface area contributed by atoms with Crippen LogP contribution in [0.5, 0.6) is 5.75 Å². The number of benzene rings is 1. The van der Waals surface area contributed by atoms with Crippen molar-refractivity contribution in [3.8, 4) is 5.75 Å². The van der Waals surface area contributed by atoms with Crippen molar-refractivity contribution in [2.45, 2.75) is 33.2 Å². The maximum Gasteiger partial charge on any atom is 0.120 e. The van der Waals surface area contributed by atoms with Crippen LogP contribution in [0.25, 0.3) is 0 Å². The van der Waals surface area contributed by atoms with Crippen LogP contribution in [-0.4, -0.2) is 32.3 Å². The van der Waals surface area contributed by atoms with Gasteiger partial charge in [0.2, 0.25) is 0 Å². The van der Waals surface area contributed by atoms with Crippen LogP contribution in [-0.2, 0) is 0 Å². The second kappa shape index (κ2) is 5.04. The number of nitrogens with zero attached hydrogens (tertiary/aromatic N) is 1. The molecule has 0 unspecified atom stereocenters. The number of methoxy groups -OCH3 is 1. The van der Waals surface area contributed by atoms with Gasteiger partial charge in [0.05, 0.1) is 7.11 Å². The monoisotopic (exact) mass is 262 g/mol. The summed E-state index contributed by atoms with van der Waals surface area (Å²) in [6.45, 7) is 12.3. The summed E-state index contributed by atoms with van der Waals surface area (Å²) in [5.41, 5.74) is 1.62. The summed E-state index contributed by atoms with van der Waals surface area (Å²) in [7, 11) is 1.72. The van der Waals surface area contributed by atoms with Crippen LogP contribution in [0, 0.1) is 5.41 Å². The van der Waals surface area contributed by atoms with Gasteiger partial charge >= 0.3 is 0 Å². The summed E-state index contributed by atoms with van der Waals surface area (Å²) < 4.78 is 5.34. The van der Waals surface area contributed by atoms with E-state index >= 15 is 0 Å². The van der Waals surface area contributed by atoms with Crippen LogP contribution in [0.4, 0.5) is 5.69 Å². The highest BCUT2D eigenvalue weighted by molar-refractivity contribution is 5.51. The lowest BCUT2D eigenvalue weighted by atomic mass is 9.93. The Morgan fingerprint density at radius 1 is 1.16 bits per heavy atom. The standard InChI is InChI=1S/C16H26N2O/c1-15(2)10-17-16(3,4)12-18(11-15)13-7-6-8-14(9-13)19-5/h6-9,17H,10-12H2,1-5H3. The fourth-order valence-corrected chi connectivity index (χ4v) is 2.63. The lowest BCUT2D eigenvalue weighted by molar-refractivity contribution is 0.332. The van der Waals surface area contributed by atoms with Gasteiger partial charge in [-0.15, -0.1) is 0 Å². The molecule has 0 aliphatic carbocycles. The molecule has 0 bridgehead atoms. The highest BCUT2D eigenvalue weighted by Crippen LogP contribution is 2.29. The average Bonchev–Trinajstić information content (AvgIpc) is 2.46. The van der Waals surface area contributed by atoms with Crippen molar-refractivity contribution in [1.29, 1.82) is 0 Å². The molecule has 0 spiro atoms. The molecule has 1 saturated heterocycles. The van der Waals surface area contributed by atoms with E-state index in [1.165, 1.54) is 5.69 Å². The van der Waals surface area contributed by atoms with Crippen molar-refractivity contribution in [2.24, 2.45) is 5.41 Å². The fourth-order valence-electron chi connectivity index (χ4n) is 2.63. The minimum Gasteiger partial charge on any atom is -0.497 e. The Hall–Kier alpha value is -1.22. The maximum absolute atomic E-state index is 5.34. The van der Waals surface area contributed by atoms with Gasteiger partial charge in [0.25, 0.3) is 0 Å². The summed E-state index contributed by atoms with van der Waals surface area (Å²) in [5.74, 6) is 0.922. The highest BCUT2D eigenvalue weighted by Gasteiger charge is 2.32. The molecule has 1 aromatic rings. The summed E-state index contributed by atoms with van der Waals surface area (Å²) in [4.78, 5) is 2.46.